The van der Waals surface area contributed by atoms with Crippen LogP contribution in [0.3, 0.4) is 0 Å². The van der Waals surface area contributed by atoms with Gasteiger partial charge in [0.1, 0.15) is 0 Å². The largest absolute Gasteiger partial charge is 0.321 e. The highest BCUT2D eigenvalue weighted by Gasteiger charge is 2.12. The zero-order valence-corrected chi connectivity index (χ0v) is 16.6. The molecule has 0 radical (unpaired) electrons. The number of rotatable bonds is 4. The number of benzene rings is 1. The van der Waals surface area contributed by atoms with Crippen LogP contribution in [0.4, 0.5) is 5.69 Å². The van der Waals surface area contributed by atoms with Gasteiger partial charge in [-0.3, -0.25) is 9.78 Å². The third kappa shape index (κ3) is 3.84. The van der Waals surface area contributed by atoms with Crippen LogP contribution >= 0.6 is 15.9 Å². The number of nitrogens with one attached hydrogen (secondary N) is 1. The molecular weight excluding hydrogens is 418 g/mol. The quantitative estimate of drug-likeness (QED) is 0.508. The first kappa shape index (κ1) is 18.1. The van der Waals surface area contributed by atoms with E-state index in [9.17, 15) is 4.79 Å². The average molecular weight is 434 g/mol. The topological polar surface area (TPSA) is 72.7 Å². The lowest BCUT2D eigenvalue weighted by molar-refractivity contribution is 0.102. The normalized spacial score (nSPS) is 10.6. The fourth-order valence-electron chi connectivity index (χ4n) is 2.81. The van der Waals surface area contributed by atoms with E-state index in [0.717, 1.165) is 15.7 Å². The predicted octanol–water partition coefficient (Wildman–Crippen LogP) is 4.65. The maximum Gasteiger partial charge on any atom is 0.257 e. The smallest absolute Gasteiger partial charge is 0.257 e. The molecule has 3 heterocycles. The molecule has 28 heavy (non-hydrogen) atoms. The summed E-state index contributed by atoms with van der Waals surface area (Å²) in [5.41, 5.74) is 3.60. The van der Waals surface area contributed by atoms with Crippen LogP contribution in [0.2, 0.25) is 0 Å². The van der Waals surface area contributed by atoms with Gasteiger partial charge in [0.25, 0.3) is 5.91 Å². The number of hydrogen-bond donors (Lipinski definition) is 1. The fourth-order valence-corrected chi connectivity index (χ4v) is 3.21. The van der Waals surface area contributed by atoms with E-state index in [0.29, 0.717) is 22.8 Å². The lowest BCUT2D eigenvalue weighted by Crippen LogP contribution is -2.14. The van der Waals surface area contributed by atoms with Gasteiger partial charge in [-0.25, -0.2) is 9.67 Å². The maximum absolute atomic E-state index is 12.6. The van der Waals surface area contributed by atoms with Crippen LogP contribution in [0.15, 0.2) is 77.7 Å². The number of carbonyl (C=O) groups excluding carboxylic acids is 1. The van der Waals surface area contributed by atoms with Crippen molar-refractivity contribution in [1.82, 2.24) is 19.7 Å². The molecule has 1 aromatic carbocycles. The first-order chi connectivity index (χ1) is 13.6. The van der Waals surface area contributed by atoms with E-state index in [4.69, 9.17) is 0 Å². The Bertz CT molecular complexity index is 1120. The third-order valence-electron chi connectivity index (χ3n) is 4.20. The van der Waals surface area contributed by atoms with Gasteiger partial charge < -0.3 is 5.32 Å². The zero-order valence-electron chi connectivity index (χ0n) is 15.0. The summed E-state index contributed by atoms with van der Waals surface area (Å²) in [6, 6.07) is 17.0. The molecule has 0 aliphatic carbocycles. The minimum atomic E-state index is -0.223. The van der Waals surface area contributed by atoms with Crippen LogP contribution in [0.1, 0.15) is 16.1 Å². The Kier molecular flexibility index (Phi) is 4.99. The van der Waals surface area contributed by atoms with Gasteiger partial charge in [-0.1, -0.05) is 28.1 Å². The van der Waals surface area contributed by atoms with E-state index in [-0.39, 0.29) is 5.91 Å². The molecule has 138 valence electrons. The monoisotopic (exact) mass is 433 g/mol. The van der Waals surface area contributed by atoms with Crippen LogP contribution in [-0.4, -0.2) is 25.7 Å². The molecule has 1 N–H and O–H groups in total. The summed E-state index contributed by atoms with van der Waals surface area (Å²) in [5.74, 6) is 0.457. The van der Waals surface area contributed by atoms with Crippen molar-refractivity contribution >= 4 is 27.5 Å². The summed E-state index contributed by atoms with van der Waals surface area (Å²) in [6.07, 6.45) is 5.10. The minimum absolute atomic E-state index is 0.223. The Morgan fingerprint density at radius 1 is 1.11 bits per heavy atom. The van der Waals surface area contributed by atoms with E-state index in [1.165, 1.54) is 0 Å². The number of anilines is 1. The Morgan fingerprint density at radius 3 is 2.68 bits per heavy atom. The van der Waals surface area contributed by atoms with E-state index >= 15 is 0 Å². The molecule has 0 aliphatic rings. The van der Waals surface area contributed by atoms with Crippen molar-refractivity contribution < 1.29 is 4.79 Å². The fraction of sp³-hybridized carbons (Fsp3) is 0.0476. The maximum atomic E-state index is 12.6. The van der Waals surface area contributed by atoms with Gasteiger partial charge in [-0.2, -0.15) is 5.10 Å². The van der Waals surface area contributed by atoms with Crippen molar-refractivity contribution in [3.8, 4) is 17.1 Å². The van der Waals surface area contributed by atoms with E-state index < -0.39 is 0 Å². The summed E-state index contributed by atoms with van der Waals surface area (Å²) in [4.78, 5) is 21.6. The number of pyridine rings is 2. The molecule has 4 aromatic rings. The van der Waals surface area contributed by atoms with E-state index in [2.05, 4.69) is 36.3 Å². The molecule has 6 nitrogen and oxygen atoms in total. The lowest BCUT2D eigenvalue weighted by atomic mass is 10.1. The number of aromatic nitrogens is 4. The van der Waals surface area contributed by atoms with Crippen molar-refractivity contribution in [3.05, 3.63) is 88.9 Å². The number of aryl methyl sites for hydroxylation is 1. The molecule has 1 amide bonds. The molecule has 0 saturated heterocycles. The third-order valence-corrected chi connectivity index (χ3v) is 4.69. The molecule has 0 saturated carbocycles. The number of amides is 1. The van der Waals surface area contributed by atoms with Gasteiger partial charge in [0, 0.05) is 22.4 Å². The summed E-state index contributed by atoms with van der Waals surface area (Å²) >= 11 is 3.47. The van der Waals surface area contributed by atoms with Gasteiger partial charge in [0.05, 0.1) is 28.8 Å². The van der Waals surface area contributed by atoms with Crippen molar-refractivity contribution in [2.24, 2.45) is 0 Å². The summed E-state index contributed by atoms with van der Waals surface area (Å²) in [6.45, 7) is 1.83. The van der Waals surface area contributed by atoms with Gasteiger partial charge >= 0.3 is 0 Å². The van der Waals surface area contributed by atoms with E-state index in [1.807, 2.05) is 49.5 Å². The van der Waals surface area contributed by atoms with Crippen molar-refractivity contribution in [1.29, 1.82) is 0 Å². The molecule has 0 spiro atoms. The number of nitrogens with zero attached hydrogens (tertiary/aromatic N) is 4. The average Bonchev–Trinajstić information content (AvgIpc) is 3.23. The first-order valence-electron chi connectivity index (χ1n) is 8.61. The Hall–Kier alpha value is -3.32. The van der Waals surface area contributed by atoms with Gasteiger partial charge in [0.2, 0.25) is 0 Å². The number of halogens is 1. The summed E-state index contributed by atoms with van der Waals surface area (Å²) < 4.78 is 2.64. The Morgan fingerprint density at radius 2 is 2.00 bits per heavy atom. The highest BCUT2D eigenvalue weighted by Crippen LogP contribution is 2.23. The summed E-state index contributed by atoms with van der Waals surface area (Å²) in [7, 11) is 0. The number of carbonyl (C=O) groups is 1. The molecule has 7 heteroatoms. The van der Waals surface area contributed by atoms with Gasteiger partial charge in [-0.05, 0) is 49.4 Å². The lowest BCUT2D eigenvalue weighted by Gasteiger charge is -2.10. The van der Waals surface area contributed by atoms with Crippen LogP contribution in [0, 0.1) is 6.92 Å². The molecule has 0 aliphatic heterocycles. The van der Waals surface area contributed by atoms with Crippen LogP contribution < -0.4 is 5.32 Å². The van der Waals surface area contributed by atoms with Crippen molar-refractivity contribution in [3.63, 3.8) is 0 Å². The second kappa shape index (κ2) is 7.74. The standard InChI is InChI=1S/C21H16BrN5O/c1-14-18(7-8-19(25-14)15-4-2-5-16(22)12-15)21(28)26-17-6-9-20(23-13-17)27-11-3-10-24-27/h2-13H,1H3,(H,26,28). The highest BCUT2D eigenvalue weighted by molar-refractivity contribution is 9.10. The molecule has 0 fully saturated rings. The van der Waals surface area contributed by atoms with E-state index in [1.54, 1.807) is 35.3 Å². The highest BCUT2D eigenvalue weighted by atomic mass is 79.9. The second-order valence-electron chi connectivity index (χ2n) is 6.15. The molecule has 0 unspecified atom stereocenters. The molecular formula is C21H16BrN5O. The number of hydrogen-bond acceptors (Lipinski definition) is 4. The zero-order chi connectivity index (χ0) is 19.5. The van der Waals surface area contributed by atoms with Crippen LogP contribution in [-0.2, 0) is 0 Å². The van der Waals surface area contributed by atoms with Crippen LogP contribution in [0.25, 0.3) is 17.1 Å². The van der Waals surface area contributed by atoms with Crippen LogP contribution in [0.5, 0.6) is 0 Å². The second-order valence-corrected chi connectivity index (χ2v) is 7.07. The minimum Gasteiger partial charge on any atom is -0.321 e. The van der Waals surface area contributed by atoms with Gasteiger partial charge in [-0.15, -0.1) is 0 Å². The van der Waals surface area contributed by atoms with Crippen molar-refractivity contribution in [2.75, 3.05) is 5.32 Å². The molecule has 3 aromatic heterocycles. The SMILES string of the molecule is Cc1nc(-c2cccc(Br)c2)ccc1C(=O)Nc1ccc(-n2cccn2)nc1. The summed E-state index contributed by atoms with van der Waals surface area (Å²) in [5, 5.41) is 6.99. The molecule has 0 bridgehead atoms. The Balaban J connectivity index is 1.52. The molecule has 0 atom stereocenters. The van der Waals surface area contributed by atoms with Crippen molar-refractivity contribution in [2.45, 2.75) is 6.92 Å². The Labute approximate surface area is 170 Å². The van der Waals surface area contributed by atoms with Gasteiger partial charge in [0.15, 0.2) is 5.82 Å². The molecule has 4 rings (SSSR count). The predicted molar refractivity (Wildman–Crippen MR) is 111 cm³/mol. The first-order valence-corrected chi connectivity index (χ1v) is 9.40.